The highest BCUT2D eigenvalue weighted by Crippen LogP contribution is 2.54. The number of hydrogen-bond donors (Lipinski definition) is 0. The van der Waals surface area contributed by atoms with Gasteiger partial charge in [-0.15, -0.1) is 0 Å². The van der Waals surface area contributed by atoms with Gasteiger partial charge in [0.25, 0.3) is 6.71 Å². The summed E-state index contributed by atoms with van der Waals surface area (Å²) in [5, 5.41) is 16.3. The van der Waals surface area contributed by atoms with E-state index in [2.05, 4.69) is 359 Å². The molecule has 0 N–H and O–H groups in total. The highest BCUT2D eigenvalue weighted by Gasteiger charge is 2.46. The van der Waals surface area contributed by atoms with Crippen LogP contribution in [-0.2, 0) is 27.1 Å². The molecule has 0 atom stereocenters. The number of rotatable bonds is 8. The molecule has 0 bridgehead atoms. The molecule has 0 aliphatic carbocycles. The lowest BCUT2D eigenvalue weighted by atomic mass is 9.33. The molecule has 0 spiro atoms. The highest BCUT2D eigenvalue weighted by molar-refractivity contribution is 7.00. The third-order valence-corrected chi connectivity index (χ3v) is 22.1. The van der Waals surface area contributed by atoms with Gasteiger partial charge in [-0.2, -0.15) is 5.26 Å². The fourth-order valence-electron chi connectivity index (χ4n) is 16.4. The van der Waals surface area contributed by atoms with Crippen molar-refractivity contribution < 1.29 is 6.85 Å². The molecular weight excluding hydrogens is 1270 g/mol. The Labute approximate surface area is 627 Å². The molecule has 0 fully saturated rings. The molecule has 0 saturated heterocycles. The fourth-order valence-corrected chi connectivity index (χ4v) is 16.4. The molecule has 105 heavy (non-hydrogen) atoms. The van der Waals surface area contributed by atoms with Crippen LogP contribution in [0.15, 0.2) is 273 Å². The first kappa shape index (κ1) is 61.1. The van der Waals surface area contributed by atoms with E-state index in [0.29, 0.717) is 11.1 Å². The van der Waals surface area contributed by atoms with Crippen LogP contribution in [0.5, 0.6) is 0 Å². The van der Waals surface area contributed by atoms with Crippen LogP contribution >= 0.6 is 0 Å². The summed E-state index contributed by atoms with van der Waals surface area (Å²) in [7, 11) is 0. The lowest BCUT2D eigenvalue weighted by molar-refractivity contribution is 0.569. The summed E-state index contributed by atoms with van der Waals surface area (Å²) in [5.74, 6) is 0. The quantitative estimate of drug-likeness (QED) is 0.142. The van der Waals surface area contributed by atoms with E-state index in [1.165, 1.54) is 22.3 Å². The van der Waals surface area contributed by atoms with Crippen molar-refractivity contribution in [3.05, 3.63) is 306 Å². The molecule has 6 heteroatoms. The predicted molar refractivity (Wildman–Crippen MR) is 449 cm³/mol. The Kier molecular flexibility index (Phi) is 14.2. The van der Waals surface area contributed by atoms with Crippen molar-refractivity contribution in [1.29, 1.82) is 5.26 Å². The molecule has 17 rings (SSSR count). The second-order valence-electron chi connectivity index (χ2n) is 34.3. The number of benzene rings is 13. The topological polar surface area (TPSA) is 40.1 Å². The Balaban J connectivity index is 1.10. The van der Waals surface area contributed by atoms with Gasteiger partial charge < -0.3 is 18.9 Å². The maximum absolute atomic E-state index is 11.8. The number of hydrogen-bond acceptors (Lipinski definition) is 3. The molecule has 15 aromatic rings. The first-order valence-electron chi connectivity index (χ1n) is 39.5. The van der Waals surface area contributed by atoms with Gasteiger partial charge in [0.2, 0.25) is 0 Å². The van der Waals surface area contributed by atoms with E-state index in [-0.39, 0.29) is 44.7 Å². The van der Waals surface area contributed by atoms with Crippen molar-refractivity contribution in [3.8, 4) is 62.0 Å². The van der Waals surface area contributed by atoms with Gasteiger partial charge in [0.1, 0.15) is 0 Å². The van der Waals surface area contributed by atoms with E-state index >= 15 is 0 Å². The number of fused-ring (bicyclic) bond motifs is 10. The van der Waals surface area contributed by atoms with Crippen LogP contribution < -0.4 is 26.2 Å². The van der Waals surface area contributed by atoms with E-state index in [1.807, 2.05) is 12.1 Å². The van der Waals surface area contributed by atoms with E-state index < -0.39 is 24.8 Å². The Morgan fingerprint density at radius 3 is 1.30 bits per heavy atom. The molecule has 2 aromatic heterocycles. The van der Waals surface area contributed by atoms with Gasteiger partial charge in [0.15, 0.2) is 0 Å². The highest BCUT2D eigenvalue weighted by atomic mass is 15.2. The SMILES string of the molecule is [2H]c1c([2H])c([2H])c(-c2ccc3c(c2)B2c4ccc(-c5cc(C(C)(C)C)cc(C(C)(C)C)c5)cc4N(c4cc(C#N)cc(-n5c6ccccc6c6ccccc65)c4)c4cc(-n5c6cc(C(C)(C)C)ccc6c6ccc(C(C)(C)C)cc65)cc(c42)N3c2c(-c3ccccc3)cc(C(C)(C)C)cc2-c2ccccc2)c([2H])c1[2H]. The molecule has 514 valence electrons. The zero-order valence-corrected chi connectivity index (χ0v) is 62.9. The molecule has 0 radical (unpaired) electrons. The Bertz CT molecular complexity index is 6150. The Morgan fingerprint density at radius 1 is 0.314 bits per heavy atom. The second kappa shape index (κ2) is 24.4. The molecule has 2 aliphatic heterocycles. The lowest BCUT2D eigenvalue weighted by Crippen LogP contribution is -2.61. The summed E-state index contributed by atoms with van der Waals surface area (Å²) >= 11 is 0. The standard InChI is InChI=1S/C99H90BN5/c1-95(2,3)69-41-43-79-80-44-42-70(96(4,5)6)57-89(80)103(88(79)56-69)76-59-91-93-92(60-76)105(94-81(64-31-21-17-22-32-64)54-73(99(13,14)15)55-82(94)65-33-23-18-24-34-65)87-46-40-66(63-29-19-16-20-30-63)51-84(87)100(93)83-45-39-67(68-49-71(97(7,8)9)53-72(50-68)98(10,11)12)52-90(83)104(91)75-48-62(61-101)47-74(58-75)102-85-37-27-25-35-77(85)78-36-26-28-38-86(78)102/h16-60H,1-15H3/i16D,19D,20D,29D,30D. The average Bonchev–Trinajstić information content (AvgIpc) is 0.762. The van der Waals surface area contributed by atoms with Gasteiger partial charge in [-0.05, 0) is 184 Å². The average molecular weight is 1370 g/mol. The summed E-state index contributed by atoms with van der Waals surface area (Å²) in [6.45, 7) is 33.7. The minimum absolute atomic E-state index is 0.124. The van der Waals surface area contributed by atoms with Crippen molar-refractivity contribution in [3.63, 3.8) is 0 Å². The molecule has 5 nitrogen and oxygen atoms in total. The largest absolute Gasteiger partial charge is 0.311 e. The number of para-hydroxylation sites is 2. The molecule has 13 aromatic carbocycles. The summed E-state index contributed by atoms with van der Waals surface area (Å²) < 4.78 is 51.4. The molecule has 0 saturated carbocycles. The van der Waals surface area contributed by atoms with Crippen molar-refractivity contribution in [1.82, 2.24) is 9.13 Å². The van der Waals surface area contributed by atoms with E-state index in [0.717, 1.165) is 144 Å². The predicted octanol–water partition coefficient (Wildman–Crippen LogP) is 25.0. The van der Waals surface area contributed by atoms with Crippen LogP contribution in [0.3, 0.4) is 0 Å². The number of nitrogens with zero attached hydrogens (tertiary/aromatic N) is 5. The first-order valence-corrected chi connectivity index (χ1v) is 37.0. The molecular formula is C99H90BN5. The van der Waals surface area contributed by atoms with Crippen LogP contribution in [0.1, 0.15) is 144 Å². The zero-order valence-electron chi connectivity index (χ0n) is 67.9. The summed E-state index contributed by atoms with van der Waals surface area (Å²) in [4.78, 5) is 4.95. The van der Waals surface area contributed by atoms with Crippen LogP contribution in [0.25, 0.3) is 99.5 Å². The monoisotopic (exact) mass is 1360 g/mol. The van der Waals surface area contributed by atoms with Crippen molar-refractivity contribution in [2.75, 3.05) is 9.80 Å². The smallest absolute Gasteiger partial charge is 0.252 e. The third kappa shape index (κ3) is 11.4. The Hall–Kier alpha value is -11.4. The van der Waals surface area contributed by atoms with Gasteiger partial charge in [-0.1, -0.05) is 298 Å². The number of anilines is 6. The minimum atomic E-state index is -0.570. The summed E-state index contributed by atoms with van der Waals surface area (Å²) in [6.07, 6.45) is 0. The van der Waals surface area contributed by atoms with Gasteiger partial charge in [-0.3, -0.25) is 0 Å². The lowest BCUT2D eigenvalue weighted by Gasteiger charge is -2.45. The van der Waals surface area contributed by atoms with Gasteiger partial charge in [-0.25, -0.2) is 0 Å². The Morgan fingerprint density at radius 2 is 0.771 bits per heavy atom. The van der Waals surface area contributed by atoms with Gasteiger partial charge in [0.05, 0.1) is 51.9 Å². The van der Waals surface area contributed by atoms with Crippen LogP contribution in [0.4, 0.5) is 34.1 Å². The molecule has 0 amide bonds. The minimum Gasteiger partial charge on any atom is -0.311 e. The van der Waals surface area contributed by atoms with Crippen molar-refractivity contribution in [2.24, 2.45) is 0 Å². The summed E-state index contributed by atoms with van der Waals surface area (Å²) in [6, 6.07) is 89.9. The molecule has 0 unspecified atom stereocenters. The number of aromatic nitrogens is 2. The van der Waals surface area contributed by atoms with Crippen LogP contribution in [-0.4, -0.2) is 15.8 Å². The van der Waals surface area contributed by atoms with E-state index in [9.17, 15) is 10.7 Å². The third-order valence-electron chi connectivity index (χ3n) is 22.1. The molecule has 4 heterocycles. The zero-order chi connectivity index (χ0) is 77.3. The van der Waals surface area contributed by atoms with Crippen molar-refractivity contribution >= 4 is 101 Å². The maximum Gasteiger partial charge on any atom is 0.252 e. The van der Waals surface area contributed by atoms with E-state index in [4.69, 9.17) is 1.37 Å². The summed E-state index contributed by atoms with van der Waals surface area (Å²) in [5.41, 5.74) is 26.2. The number of nitriles is 1. The van der Waals surface area contributed by atoms with E-state index in [1.54, 1.807) is 0 Å². The second-order valence-corrected chi connectivity index (χ2v) is 34.3. The van der Waals surface area contributed by atoms with Crippen LogP contribution in [0.2, 0.25) is 0 Å². The fraction of sp³-hybridized carbons (Fsp3) is 0.202. The van der Waals surface area contributed by atoms with Gasteiger partial charge >= 0.3 is 0 Å². The van der Waals surface area contributed by atoms with Crippen molar-refractivity contribution in [2.45, 2.75) is 131 Å². The maximum atomic E-state index is 11.8. The normalized spacial score (nSPS) is 13.9. The molecule has 2 aliphatic rings. The van der Waals surface area contributed by atoms with Crippen LogP contribution in [0, 0.1) is 11.3 Å². The first-order chi connectivity index (χ1) is 52.2. The van der Waals surface area contributed by atoms with Gasteiger partial charge in [0, 0.05) is 66.8 Å².